The zero-order valence-corrected chi connectivity index (χ0v) is 25.4. The monoisotopic (exact) mass is 581 g/mol. The van der Waals surface area contributed by atoms with Crippen LogP contribution < -0.4 is 16.4 Å². The molecule has 0 bridgehead atoms. The number of fused-ring (bicyclic) bond motifs is 1. The molecule has 1 saturated carbocycles. The number of nitrogens with one attached hydrogen (secondary N) is 2. The van der Waals surface area contributed by atoms with Gasteiger partial charge < -0.3 is 26.2 Å². The Hall–Kier alpha value is -3.89. The summed E-state index contributed by atoms with van der Waals surface area (Å²) in [6, 6.07) is 5.30. The van der Waals surface area contributed by atoms with E-state index in [2.05, 4.69) is 24.5 Å². The second-order valence-corrected chi connectivity index (χ2v) is 13.4. The molecular weight excluding hydrogens is 538 g/mol. The van der Waals surface area contributed by atoms with Gasteiger partial charge in [-0.15, -0.1) is 0 Å². The van der Waals surface area contributed by atoms with Gasteiger partial charge in [0.05, 0.1) is 34.1 Å². The highest BCUT2D eigenvalue weighted by atomic mass is 16.6. The number of amides is 2. The fourth-order valence-corrected chi connectivity index (χ4v) is 6.20. The van der Waals surface area contributed by atoms with E-state index in [0.29, 0.717) is 61.0 Å². The summed E-state index contributed by atoms with van der Waals surface area (Å²) in [6.07, 6.45) is 3.18. The number of primary amides is 1. The Balaban J connectivity index is 1.48. The van der Waals surface area contributed by atoms with Crippen molar-refractivity contribution in [3.8, 4) is 5.69 Å². The molecule has 1 aromatic carbocycles. The van der Waals surface area contributed by atoms with E-state index in [4.69, 9.17) is 15.6 Å². The van der Waals surface area contributed by atoms with E-state index in [9.17, 15) is 24.3 Å². The van der Waals surface area contributed by atoms with Gasteiger partial charge in [0.15, 0.2) is 5.78 Å². The van der Waals surface area contributed by atoms with Gasteiger partial charge >= 0.3 is 12.1 Å². The van der Waals surface area contributed by atoms with E-state index >= 15 is 0 Å². The van der Waals surface area contributed by atoms with Crippen molar-refractivity contribution in [2.75, 3.05) is 11.9 Å². The van der Waals surface area contributed by atoms with Crippen molar-refractivity contribution >= 4 is 29.4 Å². The predicted octanol–water partition coefficient (Wildman–Crippen LogP) is 4.63. The molecule has 2 aliphatic carbocycles. The smallest absolute Gasteiger partial charge is 0.407 e. The number of carbonyl (C=O) groups is 4. The molecule has 4 rings (SSSR count). The van der Waals surface area contributed by atoms with Crippen LogP contribution in [-0.4, -0.2) is 56.8 Å². The Morgan fingerprint density at radius 3 is 2.43 bits per heavy atom. The molecule has 42 heavy (non-hydrogen) atoms. The van der Waals surface area contributed by atoms with Gasteiger partial charge in [-0.25, -0.2) is 9.48 Å². The number of aromatic nitrogens is 2. The molecule has 1 heterocycles. The molecule has 1 atom stereocenters. The number of anilines is 1. The molecular formula is C31H43N5O6. The summed E-state index contributed by atoms with van der Waals surface area (Å²) >= 11 is 0. The molecule has 0 aliphatic heterocycles. The lowest BCUT2D eigenvalue weighted by Gasteiger charge is -2.33. The SMILES string of the molecule is Cc1nn(-c2ccc(C(N)=O)c(NC3CCC(C(CNC(=O)OC(C)(C)C)C(=O)O)CC3)c2)c2c1C(=O)CC(C)(C)C2. The minimum atomic E-state index is -0.953. The largest absolute Gasteiger partial charge is 0.481 e. The molecule has 2 aliphatic rings. The summed E-state index contributed by atoms with van der Waals surface area (Å²) in [4.78, 5) is 49.3. The summed E-state index contributed by atoms with van der Waals surface area (Å²) < 4.78 is 7.04. The Morgan fingerprint density at radius 2 is 1.83 bits per heavy atom. The number of carboxylic acids is 1. The van der Waals surface area contributed by atoms with Gasteiger partial charge in [-0.3, -0.25) is 14.4 Å². The number of aryl methyl sites for hydroxylation is 1. The van der Waals surface area contributed by atoms with Crippen LogP contribution in [0.4, 0.5) is 10.5 Å². The second-order valence-electron chi connectivity index (χ2n) is 13.4. The lowest BCUT2D eigenvalue weighted by atomic mass is 9.75. The Kier molecular flexibility index (Phi) is 8.71. The van der Waals surface area contributed by atoms with Crippen LogP contribution in [-0.2, 0) is 16.0 Å². The molecule has 1 unspecified atom stereocenters. The molecule has 1 aromatic heterocycles. The van der Waals surface area contributed by atoms with Crippen molar-refractivity contribution in [2.24, 2.45) is 23.0 Å². The van der Waals surface area contributed by atoms with E-state index < -0.39 is 29.5 Å². The molecule has 11 heteroatoms. The number of benzene rings is 1. The molecule has 11 nitrogen and oxygen atoms in total. The minimum Gasteiger partial charge on any atom is -0.481 e. The van der Waals surface area contributed by atoms with Crippen molar-refractivity contribution in [3.63, 3.8) is 0 Å². The van der Waals surface area contributed by atoms with E-state index in [0.717, 1.165) is 11.4 Å². The highest BCUT2D eigenvalue weighted by Crippen LogP contribution is 2.38. The van der Waals surface area contributed by atoms with Gasteiger partial charge in [0.25, 0.3) is 5.91 Å². The first kappa shape index (κ1) is 31.1. The number of alkyl carbamates (subject to hydrolysis) is 1. The van der Waals surface area contributed by atoms with E-state index in [-0.39, 0.29) is 29.7 Å². The summed E-state index contributed by atoms with van der Waals surface area (Å²) in [5.41, 5.74) is 8.74. The predicted molar refractivity (Wildman–Crippen MR) is 158 cm³/mol. The maximum atomic E-state index is 12.9. The third kappa shape index (κ3) is 7.11. The number of carboxylic acid groups (broad SMARTS) is 1. The van der Waals surface area contributed by atoms with Crippen LogP contribution in [0.3, 0.4) is 0 Å². The molecule has 0 radical (unpaired) electrons. The zero-order valence-electron chi connectivity index (χ0n) is 25.4. The zero-order chi connectivity index (χ0) is 31.0. The molecule has 0 saturated heterocycles. The number of carbonyl (C=O) groups excluding carboxylic acids is 3. The van der Waals surface area contributed by atoms with Crippen LogP contribution in [0.5, 0.6) is 0 Å². The number of hydrogen-bond donors (Lipinski definition) is 4. The maximum absolute atomic E-state index is 12.9. The number of aliphatic carboxylic acids is 1. The first-order chi connectivity index (χ1) is 19.5. The highest BCUT2D eigenvalue weighted by Gasteiger charge is 2.36. The van der Waals surface area contributed by atoms with Crippen molar-refractivity contribution in [3.05, 3.63) is 40.7 Å². The van der Waals surface area contributed by atoms with Gasteiger partial charge in [0, 0.05) is 24.7 Å². The van der Waals surface area contributed by atoms with Gasteiger partial charge in [0.2, 0.25) is 0 Å². The number of ether oxygens (including phenoxy) is 1. The topological polar surface area (TPSA) is 166 Å². The molecule has 228 valence electrons. The third-order valence-electron chi connectivity index (χ3n) is 8.12. The van der Waals surface area contributed by atoms with Crippen molar-refractivity contribution in [2.45, 2.75) is 91.7 Å². The molecule has 0 spiro atoms. The lowest BCUT2D eigenvalue weighted by molar-refractivity contribution is -0.143. The number of hydrogen-bond acceptors (Lipinski definition) is 7. The van der Waals surface area contributed by atoms with Crippen LogP contribution in [0.1, 0.15) is 98.8 Å². The lowest BCUT2D eigenvalue weighted by Crippen LogP contribution is -2.41. The van der Waals surface area contributed by atoms with Gasteiger partial charge in [-0.1, -0.05) is 13.8 Å². The van der Waals surface area contributed by atoms with Crippen molar-refractivity contribution in [1.82, 2.24) is 15.1 Å². The number of Topliss-reactive ketones (excluding diaryl/α,β-unsaturated/α-hetero) is 1. The van der Waals surface area contributed by atoms with Crippen LogP contribution in [0.2, 0.25) is 0 Å². The van der Waals surface area contributed by atoms with E-state index in [1.165, 1.54) is 0 Å². The number of ketones is 1. The minimum absolute atomic E-state index is 0.00311. The number of rotatable bonds is 8. The highest BCUT2D eigenvalue weighted by molar-refractivity contribution is 6.00. The average molecular weight is 582 g/mol. The Bertz CT molecular complexity index is 1380. The van der Waals surface area contributed by atoms with E-state index in [1.54, 1.807) is 37.6 Å². The molecule has 1 fully saturated rings. The first-order valence-electron chi connectivity index (χ1n) is 14.6. The average Bonchev–Trinajstić information content (AvgIpc) is 3.18. The normalized spacial score (nSPS) is 20.8. The quantitative estimate of drug-likeness (QED) is 0.350. The fraction of sp³-hybridized carbons (Fsp3) is 0.581. The van der Waals surface area contributed by atoms with Crippen LogP contribution in [0, 0.1) is 24.2 Å². The first-order valence-corrected chi connectivity index (χ1v) is 14.6. The Morgan fingerprint density at radius 1 is 1.17 bits per heavy atom. The number of nitrogens with two attached hydrogens (primary N) is 1. The second kappa shape index (κ2) is 11.8. The standard InChI is InChI=1S/C31H43N5O6/c1-17-26-24(14-31(5,6)15-25(26)37)36(35-17)20-11-12-21(27(32)38)23(13-20)34-19-9-7-18(8-10-19)22(28(39)40)16-33-29(41)42-30(2,3)4/h11-13,18-19,22,34H,7-10,14-16H2,1-6H3,(H2,32,38)(H,33,41)(H,39,40). The summed E-state index contributed by atoms with van der Waals surface area (Å²) in [7, 11) is 0. The van der Waals surface area contributed by atoms with Gasteiger partial charge in [0.1, 0.15) is 5.60 Å². The summed E-state index contributed by atoms with van der Waals surface area (Å²) in [5, 5.41) is 20.6. The van der Waals surface area contributed by atoms with Gasteiger partial charge in [-0.2, -0.15) is 5.10 Å². The van der Waals surface area contributed by atoms with Crippen LogP contribution in [0.25, 0.3) is 5.69 Å². The third-order valence-corrected chi connectivity index (χ3v) is 8.12. The van der Waals surface area contributed by atoms with Gasteiger partial charge in [-0.05, 0) is 89.3 Å². The van der Waals surface area contributed by atoms with Crippen molar-refractivity contribution in [1.29, 1.82) is 0 Å². The fourth-order valence-electron chi connectivity index (χ4n) is 6.20. The number of nitrogens with zero attached hydrogens (tertiary/aromatic N) is 2. The summed E-state index contributed by atoms with van der Waals surface area (Å²) in [6.45, 7) is 11.2. The van der Waals surface area contributed by atoms with E-state index in [1.807, 2.05) is 13.0 Å². The maximum Gasteiger partial charge on any atom is 0.407 e. The summed E-state index contributed by atoms with van der Waals surface area (Å²) in [5.74, 6) is -2.27. The molecule has 2 amide bonds. The van der Waals surface area contributed by atoms with Crippen LogP contribution in [0.15, 0.2) is 18.2 Å². The molecule has 5 N–H and O–H groups in total. The molecule has 2 aromatic rings. The Labute approximate surface area is 246 Å². The van der Waals surface area contributed by atoms with Crippen LogP contribution >= 0.6 is 0 Å². The van der Waals surface area contributed by atoms with Crippen molar-refractivity contribution < 1.29 is 29.0 Å².